The minimum absolute atomic E-state index is 0.0267. The number of carbonyl (C=O) groups is 3. The Morgan fingerprint density at radius 1 is 1.18 bits per heavy atom. The highest BCUT2D eigenvalue weighted by Gasteiger charge is 2.37. The van der Waals surface area contributed by atoms with Gasteiger partial charge in [-0.2, -0.15) is 0 Å². The van der Waals surface area contributed by atoms with Gasteiger partial charge >= 0.3 is 5.97 Å². The molecule has 0 spiro atoms. The molecule has 6 nitrogen and oxygen atoms in total. The fourth-order valence-corrected chi connectivity index (χ4v) is 3.16. The van der Waals surface area contributed by atoms with Crippen LogP contribution in [0.1, 0.15) is 18.9 Å². The summed E-state index contributed by atoms with van der Waals surface area (Å²) in [6.45, 7) is 1.56. The molecule has 1 aliphatic rings. The van der Waals surface area contributed by atoms with Crippen LogP contribution >= 0.6 is 0 Å². The van der Waals surface area contributed by atoms with E-state index in [0.717, 1.165) is 12.0 Å². The lowest BCUT2D eigenvalue weighted by molar-refractivity contribution is -0.151. The summed E-state index contributed by atoms with van der Waals surface area (Å²) in [6, 6.07) is 13.3. The molecule has 1 unspecified atom stereocenters. The summed E-state index contributed by atoms with van der Waals surface area (Å²) < 4.78 is 19.0. The van der Waals surface area contributed by atoms with Crippen LogP contribution in [-0.4, -0.2) is 30.9 Å². The van der Waals surface area contributed by atoms with Crippen LogP contribution in [0, 0.1) is 11.7 Å². The van der Waals surface area contributed by atoms with Crippen molar-refractivity contribution in [2.75, 3.05) is 23.4 Å². The Balaban J connectivity index is 1.55. The Kier molecular flexibility index (Phi) is 6.03. The summed E-state index contributed by atoms with van der Waals surface area (Å²) in [5, 5.41) is 2.72. The maximum atomic E-state index is 13.9. The minimum Gasteiger partial charge on any atom is -0.455 e. The molecule has 2 amide bonds. The number of rotatable bonds is 6. The molecule has 0 aromatic heterocycles. The summed E-state index contributed by atoms with van der Waals surface area (Å²) >= 11 is 0. The summed E-state index contributed by atoms with van der Waals surface area (Å²) in [4.78, 5) is 37.7. The van der Waals surface area contributed by atoms with E-state index in [4.69, 9.17) is 4.74 Å². The van der Waals surface area contributed by atoms with Gasteiger partial charge < -0.3 is 15.0 Å². The molecule has 1 N–H and O–H groups in total. The SMILES string of the molecule is CCc1ccccc1NC(=O)COC(=O)C1CC(=O)N(c2ccccc2F)C1. The predicted molar refractivity (Wildman–Crippen MR) is 102 cm³/mol. The Morgan fingerprint density at radius 3 is 2.64 bits per heavy atom. The van der Waals surface area contributed by atoms with Gasteiger partial charge in [0.05, 0.1) is 11.6 Å². The first kappa shape index (κ1) is 19.5. The molecule has 1 fully saturated rings. The molecule has 3 rings (SSSR count). The number of carbonyl (C=O) groups excluding carboxylic acids is 3. The molecule has 1 saturated heterocycles. The lowest BCUT2D eigenvalue weighted by Gasteiger charge is -2.17. The zero-order valence-corrected chi connectivity index (χ0v) is 15.5. The van der Waals surface area contributed by atoms with Crippen LogP contribution in [0.5, 0.6) is 0 Å². The van der Waals surface area contributed by atoms with Crippen molar-refractivity contribution < 1.29 is 23.5 Å². The highest BCUT2D eigenvalue weighted by molar-refractivity contribution is 6.00. The highest BCUT2D eigenvalue weighted by atomic mass is 19.1. The third kappa shape index (κ3) is 4.36. The normalized spacial score (nSPS) is 16.1. The number of anilines is 2. The second-order valence-corrected chi connectivity index (χ2v) is 6.52. The first-order valence-electron chi connectivity index (χ1n) is 9.09. The van der Waals surface area contributed by atoms with E-state index in [-0.39, 0.29) is 24.6 Å². The number of ether oxygens (including phenoxy) is 1. The van der Waals surface area contributed by atoms with E-state index in [1.54, 1.807) is 12.1 Å². The van der Waals surface area contributed by atoms with Crippen LogP contribution in [0.25, 0.3) is 0 Å². The monoisotopic (exact) mass is 384 g/mol. The third-order valence-electron chi connectivity index (χ3n) is 4.62. The maximum absolute atomic E-state index is 13.9. The number of para-hydroxylation sites is 2. The van der Waals surface area contributed by atoms with Crippen LogP contribution in [0.15, 0.2) is 48.5 Å². The minimum atomic E-state index is -0.733. The van der Waals surface area contributed by atoms with Crippen molar-refractivity contribution in [1.82, 2.24) is 0 Å². The molecule has 7 heteroatoms. The quantitative estimate of drug-likeness (QED) is 0.777. The number of benzene rings is 2. The predicted octanol–water partition coefficient (Wildman–Crippen LogP) is 2.92. The Morgan fingerprint density at radius 2 is 1.89 bits per heavy atom. The zero-order valence-electron chi connectivity index (χ0n) is 15.5. The molecule has 28 heavy (non-hydrogen) atoms. The molecule has 1 atom stereocenters. The summed E-state index contributed by atoms with van der Waals surface area (Å²) in [6.07, 6.45) is 0.680. The number of aryl methyl sites for hydroxylation is 1. The lowest BCUT2D eigenvalue weighted by atomic mass is 10.1. The van der Waals surface area contributed by atoms with Gasteiger partial charge in [-0.3, -0.25) is 14.4 Å². The Labute approximate surface area is 162 Å². The second-order valence-electron chi connectivity index (χ2n) is 6.52. The van der Waals surface area contributed by atoms with E-state index >= 15 is 0 Å². The smallest absolute Gasteiger partial charge is 0.311 e. The molecule has 0 aliphatic carbocycles. The number of esters is 1. The van der Waals surface area contributed by atoms with E-state index in [1.807, 2.05) is 25.1 Å². The van der Waals surface area contributed by atoms with Gasteiger partial charge in [0.2, 0.25) is 5.91 Å². The maximum Gasteiger partial charge on any atom is 0.311 e. The first-order valence-corrected chi connectivity index (χ1v) is 9.09. The summed E-state index contributed by atoms with van der Waals surface area (Å²) in [7, 11) is 0. The molecule has 2 aromatic rings. The van der Waals surface area contributed by atoms with Crippen LogP contribution in [0.3, 0.4) is 0 Å². The van der Waals surface area contributed by atoms with Crippen molar-refractivity contribution in [3.05, 3.63) is 59.9 Å². The van der Waals surface area contributed by atoms with Crippen molar-refractivity contribution >= 4 is 29.2 Å². The topological polar surface area (TPSA) is 75.7 Å². The van der Waals surface area contributed by atoms with Crippen LogP contribution < -0.4 is 10.2 Å². The van der Waals surface area contributed by atoms with Crippen molar-refractivity contribution in [3.8, 4) is 0 Å². The molecule has 0 saturated carbocycles. The largest absolute Gasteiger partial charge is 0.455 e. The van der Waals surface area contributed by atoms with Gasteiger partial charge in [0.25, 0.3) is 5.91 Å². The molecule has 0 radical (unpaired) electrons. The van der Waals surface area contributed by atoms with Crippen LogP contribution in [-0.2, 0) is 25.5 Å². The molecular weight excluding hydrogens is 363 g/mol. The van der Waals surface area contributed by atoms with Gasteiger partial charge in [0, 0.05) is 18.7 Å². The standard InChI is InChI=1S/C21H21FN2O4/c1-2-14-7-3-5-9-17(14)23-19(25)13-28-21(27)15-11-20(26)24(12-15)18-10-6-4-8-16(18)22/h3-10,15H,2,11-13H2,1H3,(H,23,25). The van der Waals surface area contributed by atoms with Gasteiger partial charge in [-0.15, -0.1) is 0 Å². The lowest BCUT2D eigenvalue weighted by Crippen LogP contribution is -2.28. The fraction of sp³-hybridized carbons (Fsp3) is 0.286. The Hall–Kier alpha value is -3.22. The second kappa shape index (κ2) is 8.65. The van der Waals surface area contributed by atoms with Crippen molar-refractivity contribution in [1.29, 1.82) is 0 Å². The molecule has 1 aliphatic heterocycles. The molecule has 146 valence electrons. The number of nitrogens with one attached hydrogen (secondary N) is 1. The highest BCUT2D eigenvalue weighted by Crippen LogP contribution is 2.27. The number of halogens is 1. The van der Waals surface area contributed by atoms with E-state index in [1.165, 1.54) is 23.1 Å². The average Bonchev–Trinajstić information content (AvgIpc) is 3.08. The van der Waals surface area contributed by atoms with Gasteiger partial charge in [-0.05, 0) is 30.2 Å². The zero-order chi connectivity index (χ0) is 20.1. The van der Waals surface area contributed by atoms with Crippen LogP contribution in [0.2, 0.25) is 0 Å². The third-order valence-corrected chi connectivity index (χ3v) is 4.62. The Bertz CT molecular complexity index is 899. The van der Waals surface area contributed by atoms with Crippen molar-refractivity contribution in [2.24, 2.45) is 5.92 Å². The van der Waals surface area contributed by atoms with E-state index in [9.17, 15) is 18.8 Å². The summed E-state index contributed by atoms with van der Waals surface area (Å²) in [5.41, 5.74) is 1.79. The first-order chi connectivity index (χ1) is 13.5. The number of nitrogens with zero attached hydrogens (tertiary/aromatic N) is 1. The average molecular weight is 384 g/mol. The van der Waals surface area contributed by atoms with Crippen molar-refractivity contribution in [3.63, 3.8) is 0 Å². The fourth-order valence-electron chi connectivity index (χ4n) is 3.16. The van der Waals surface area contributed by atoms with Crippen LogP contribution in [0.4, 0.5) is 15.8 Å². The van der Waals surface area contributed by atoms with Gasteiger partial charge in [0.1, 0.15) is 5.82 Å². The number of hydrogen-bond donors (Lipinski definition) is 1. The molecular formula is C21H21FN2O4. The molecule has 1 heterocycles. The number of amides is 2. The van der Waals surface area contributed by atoms with Crippen molar-refractivity contribution in [2.45, 2.75) is 19.8 Å². The van der Waals surface area contributed by atoms with Gasteiger partial charge in [0.15, 0.2) is 6.61 Å². The number of hydrogen-bond acceptors (Lipinski definition) is 4. The van der Waals surface area contributed by atoms with Gasteiger partial charge in [-0.1, -0.05) is 37.3 Å². The van der Waals surface area contributed by atoms with E-state index in [2.05, 4.69) is 5.32 Å². The van der Waals surface area contributed by atoms with E-state index in [0.29, 0.717) is 5.69 Å². The van der Waals surface area contributed by atoms with E-state index < -0.39 is 30.2 Å². The molecule has 2 aromatic carbocycles. The van der Waals surface area contributed by atoms with Gasteiger partial charge in [-0.25, -0.2) is 4.39 Å². The molecule has 0 bridgehead atoms. The summed E-state index contributed by atoms with van der Waals surface area (Å²) in [5.74, 6) is -2.72.